The van der Waals surface area contributed by atoms with Crippen LogP contribution in [0.15, 0.2) is 27.8 Å². The summed E-state index contributed by atoms with van der Waals surface area (Å²) in [5, 5.41) is 9.17. The number of alkyl carbamates (subject to hydrolysis) is 1. The monoisotopic (exact) mass is 338 g/mol. The number of carbonyl (C=O) groups is 1. The van der Waals surface area contributed by atoms with E-state index in [1.807, 2.05) is 39.8 Å². The zero-order chi connectivity index (χ0) is 17.8. The van der Waals surface area contributed by atoms with E-state index in [4.69, 9.17) is 9.15 Å². The third-order valence-electron chi connectivity index (χ3n) is 2.86. The minimum absolute atomic E-state index is 0.394. The summed E-state index contributed by atoms with van der Waals surface area (Å²) in [6, 6.07) is 3.83. The highest BCUT2D eigenvalue weighted by Gasteiger charge is 2.15. The quantitative estimate of drug-likeness (QED) is 0.384. The minimum Gasteiger partial charge on any atom is -0.469 e. The second kappa shape index (κ2) is 10.6. The summed E-state index contributed by atoms with van der Waals surface area (Å²) in [6.45, 7) is 10.2. The van der Waals surface area contributed by atoms with E-state index in [0.717, 1.165) is 37.7 Å². The Hall–Kier alpha value is -2.18. The van der Waals surface area contributed by atoms with E-state index in [1.54, 1.807) is 6.26 Å². The predicted octanol–water partition coefficient (Wildman–Crippen LogP) is 2.29. The molecule has 136 valence electrons. The first-order chi connectivity index (χ1) is 11.4. The molecule has 1 aromatic heterocycles. The molecule has 1 rings (SSSR count). The molecule has 0 aliphatic heterocycles. The summed E-state index contributed by atoms with van der Waals surface area (Å²) >= 11 is 0. The van der Waals surface area contributed by atoms with Crippen LogP contribution in [0.25, 0.3) is 0 Å². The molecule has 3 N–H and O–H groups in total. The van der Waals surface area contributed by atoms with Crippen LogP contribution in [-0.4, -0.2) is 43.8 Å². The van der Waals surface area contributed by atoms with Crippen molar-refractivity contribution in [3.63, 3.8) is 0 Å². The fraction of sp³-hybridized carbons (Fsp3) is 0.647. The number of carbonyl (C=O) groups excluding carboxylic acids is 1. The van der Waals surface area contributed by atoms with Gasteiger partial charge in [0.1, 0.15) is 11.4 Å². The average molecular weight is 338 g/mol. The molecule has 0 aromatic carbocycles. The van der Waals surface area contributed by atoms with Crippen molar-refractivity contribution in [3.8, 4) is 0 Å². The molecular weight excluding hydrogens is 308 g/mol. The lowest BCUT2D eigenvalue weighted by molar-refractivity contribution is 0.0527. The van der Waals surface area contributed by atoms with Crippen molar-refractivity contribution >= 4 is 12.1 Å². The molecule has 24 heavy (non-hydrogen) atoms. The molecule has 7 nitrogen and oxygen atoms in total. The van der Waals surface area contributed by atoms with Crippen LogP contribution in [-0.2, 0) is 11.2 Å². The Morgan fingerprint density at radius 2 is 2.04 bits per heavy atom. The number of rotatable bonds is 8. The molecule has 0 saturated carbocycles. The number of hydrogen-bond donors (Lipinski definition) is 3. The highest BCUT2D eigenvalue weighted by Crippen LogP contribution is 2.06. The van der Waals surface area contributed by atoms with Crippen LogP contribution < -0.4 is 16.0 Å². The lowest BCUT2D eigenvalue weighted by Gasteiger charge is -2.19. The van der Waals surface area contributed by atoms with Gasteiger partial charge in [-0.2, -0.15) is 0 Å². The number of guanidine groups is 1. The van der Waals surface area contributed by atoms with Crippen LogP contribution in [0.1, 0.15) is 39.9 Å². The number of hydrogen-bond acceptors (Lipinski definition) is 4. The number of aliphatic imine (C=N–C) groups is 1. The van der Waals surface area contributed by atoms with E-state index in [2.05, 4.69) is 20.9 Å². The number of nitrogens with zero attached hydrogens (tertiary/aromatic N) is 1. The third-order valence-corrected chi connectivity index (χ3v) is 2.86. The maximum absolute atomic E-state index is 11.5. The van der Waals surface area contributed by atoms with E-state index < -0.39 is 11.7 Å². The van der Waals surface area contributed by atoms with Crippen molar-refractivity contribution in [2.75, 3.05) is 26.2 Å². The van der Waals surface area contributed by atoms with Crippen LogP contribution in [0.5, 0.6) is 0 Å². The highest BCUT2D eigenvalue weighted by molar-refractivity contribution is 5.79. The second-order valence-corrected chi connectivity index (χ2v) is 6.30. The average Bonchev–Trinajstić information content (AvgIpc) is 2.98. The number of furan rings is 1. The molecule has 0 radical (unpaired) electrons. The maximum Gasteiger partial charge on any atom is 0.407 e. The highest BCUT2D eigenvalue weighted by atomic mass is 16.6. The number of amides is 1. The molecule has 1 aromatic rings. The van der Waals surface area contributed by atoms with Gasteiger partial charge in [-0.25, -0.2) is 4.79 Å². The zero-order valence-electron chi connectivity index (χ0n) is 15.1. The van der Waals surface area contributed by atoms with Gasteiger partial charge >= 0.3 is 6.09 Å². The van der Waals surface area contributed by atoms with Gasteiger partial charge < -0.3 is 25.1 Å². The van der Waals surface area contributed by atoms with E-state index >= 15 is 0 Å². The molecule has 0 saturated heterocycles. The molecule has 0 fully saturated rings. The molecule has 0 spiro atoms. The van der Waals surface area contributed by atoms with Gasteiger partial charge in [-0.15, -0.1) is 0 Å². The Kier molecular flexibility index (Phi) is 8.75. The van der Waals surface area contributed by atoms with E-state index in [1.165, 1.54) is 0 Å². The van der Waals surface area contributed by atoms with Crippen molar-refractivity contribution < 1.29 is 13.9 Å². The molecular formula is C17H30N4O3. The van der Waals surface area contributed by atoms with Gasteiger partial charge in [0.15, 0.2) is 5.96 Å². The van der Waals surface area contributed by atoms with Crippen molar-refractivity contribution in [3.05, 3.63) is 24.2 Å². The van der Waals surface area contributed by atoms with Crippen molar-refractivity contribution in [2.24, 2.45) is 4.99 Å². The fourth-order valence-electron chi connectivity index (χ4n) is 1.88. The SMILES string of the molecule is CCNC(=NCCCNC(=O)OC(C)(C)C)NCCc1ccco1. The van der Waals surface area contributed by atoms with E-state index in [9.17, 15) is 4.79 Å². The third kappa shape index (κ3) is 9.76. The number of nitrogens with one attached hydrogen (secondary N) is 3. The summed E-state index contributed by atoms with van der Waals surface area (Å²) in [5.74, 6) is 1.71. The van der Waals surface area contributed by atoms with Gasteiger partial charge in [0, 0.05) is 32.6 Å². The first-order valence-electron chi connectivity index (χ1n) is 8.42. The first kappa shape index (κ1) is 19.9. The fourth-order valence-corrected chi connectivity index (χ4v) is 1.88. The Balaban J connectivity index is 2.21. The Labute approximate surface area is 144 Å². The van der Waals surface area contributed by atoms with Crippen molar-refractivity contribution in [2.45, 2.75) is 46.1 Å². The topological polar surface area (TPSA) is 87.9 Å². The predicted molar refractivity (Wildman–Crippen MR) is 95.2 cm³/mol. The lowest BCUT2D eigenvalue weighted by Crippen LogP contribution is -2.38. The van der Waals surface area contributed by atoms with Crippen LogP contribution >= 0.6 is 0 Å². The number of ether oxygens (including phenoxy) is 1. The van der Waals surface area contributed by atoms with E-state index in [-0.39, 0.29) is 0 Å². The second-order valence-electron chi connectivity index (χ2n) is 6.30. The molecule has 1 amide bonds. The molecule has 7 heteroatoms. The van der Waals surface area contributed by atoms with E-state index in [0.29, 0.717) is 13.1 Å². The summed E-state index contributed by atoms with van der Waals surface area (Å²) in [5.41, 5.74) is -0.474. The minimum atomic E-state index is -0.474. The van der Waals surface area contributed by atoms with Crippen LogP contribution in [0, 0.1) is 0 Å². The van der Waals surface area contributed by atoms with Crippen LogP contribution in [0.2, 0.25) is 0 Å². The summed E-state index contributed by atoms with van der Waals surface area (Å²) in [6.07, 6.45) is 2.83. The Morgan fingerprint density at radius 1 is 1.25 bits per heavy atom. The van der Waals surface area contributed by atoms with Crippen molar-refractivity contribution in [1.82, 2.24) is 16.0 Å². The van der Waals surface area contributed by atoms with Crippen LogP contribution in [0.3, 0.4) is 0 Å². The molecule has 1 heterocycles. The molecule has 0 atom stereocenters. The van der Waals surface area contributed by atoms with Crippen molar-refractivity contribution in [1.29, 1.82) is 0 Å². The van der Waals surface area contributed by atoms with Gasteiger partial charge in [-0.1, -0.05) is 0 Å². The summed E-state index contributed by atoms with van der Waals surface area (Å²) < 4.78 is 10.5. The van der Waals surface area contributed by atoms with Gasteiger partial charge in [0.2, 0.25) is 0 Å². The van der Waals surface area contributed by atoms with Gasteiger partial charge in [-0.3, -0.25) is 4.99 Å². The Bertz CT molecular complexity index is 492. The molecule has 0 unspecified atom stereocenters. The summed E-state index contributed by atoms with van der Waals surface area (Å²) in [4.78, 5) is 16.0. The first-order valence-corrected chi connectivity index (χ1v) is 8.42. The lowest BCUT2D eigenvalue weighted by atomic mass is 10.2. The molecule has 0 aliphatic carbocycles. The largest absolute Gasteiger partial charge is 0.469 e. The van der Waals surface area contributed by atoms with Gasteiger partial charge in [0.05, 0.1) is 6.26 Å². The molecule has 0 bridgehead atoms. The van der Waals surface area contributed by atoms with Gasteiger partial charge in [0.25, 0.3) is 0 Å². The summed E-state index contributed by atoms with van der Waals surface area (Å²) in [7, 11) is 0. The molecule has 0 aliphatic rings. The Morgan fingerprint density at radius 3 is 2.67 bits per heavy atom. The maximum atomic E-state index is 11.5. The normalized spacial score (nSPS) is 11.9. The van der Waals surface area contributed by atoms with Gasteiger partial charge in [-0.05, 0) is 46.2 Å². The van der Waals surface area contributed by atoms with Crippen LogP contribution in [0.4, 0.5) is 4.79 Å². The smallest absolute Gasteiger partial charge is 0.407 e. The standard InChI is InChI=1S/C17H30N4O3/c1-5-18-15(20-12-9-14-8-6-13-23-14)19-10-7-11-21-16(22)24-17(2,3)4/h6,8,13H,5,7,9-12H2,1-4H3,(H,21,22)(H2,18,19,20). The zero-order valence-corrected chi connectivity index (χ0v) is 15.1.